The Kier molecular flexibility index (Phi) is 6.04. The summed E-state index contributed by atoms with van der Waals surface area (Å²) in [5.41, 5.74) is 3.58. The van der Waals surface area contributed by atoms with Crippen molar-refractivity contribution in [2.45, 2.75) is 38.8 Å². The summed E-state index contributed by atoms with van der Waals surface area (Å²) in [6, 6.07) is 15.2. The van der Waals surface area contributed by atoms with Crippen LogP contribution in [-0.2, 0) is 6.54 Å². The van der Waals surface area contributed by atoms with Crippen molar-refractivity contribution in [1.82, 2.24) is 9.88 Å². The SMILES string of the molecule is Cc1oc2c(CN3CCCC[C@H]3c3cccnc3)c(O)ccc2c(=O)c1-c1ccc(Br)cc1. The van der Waals surface area contributed by atoms with E-state index < -0.39 is 0 Å². The van der Waals surface area contributed by atoms with Crippen molar-refractivity contribution in [1.29, 1.82) is 0 Å². The molecule has 1 N–H and O–H groups in total. The number of hydrogen-bond donors (Lipinski definition) is 1. The molecule has 0 radical (unpaired) electrons. The summed E-state index contributed by atoms with van der Waals surface area (Å²) in [4.78, 5) is 20.2. The predicted octanol–water partition coefficient (Wildman–Crippen LogP) is 6.36. The summed E-state index contributed by atoms with van der Waals surface area (Å²) in [6.07, 6.45) is 6.99. The molecule has 0 saturated carbocycles. The largest absolute Gasteiger partial charge is 0.507 e. The third-order valence-electron chi connectivity index (χ3n) is 6.49. The number of likely N-dealkylation sites (tertiary alicyclic amines) is 1. The van der Waals surface area contributed by atoms with E-state index >= 15 is 0 Å². The van der Waals surface area contributed by atoms with E-state index in [0.29, 0.717) is 34.4 Å². The van der Waals surface area contributed by atoms with Crippen molar-refractivity contribution in [3.8, 4) is 16.9 Å². The minimum atomic E-state index is -0.0835. The summed E-state index contributed by atoms with van der Waals surface area (Å²) in [5, 5.41) is 11.3. The van der Waals surface area contributed by atoms with E-state index in [0.717, 1.165) is 35.8 Å². The molecule has 2 aromatic carbocycles. The normalized spacial score (nSPS) is 16.8. The van der Waals surface area contributed by atoms with E-state index in [9.17, 15) is 9.90 Å². The molecule has 6 heteroatoms. The van der Waals surface area contributed by atoms with Crippen LogP contribution < -0.4 is 5.43 Å². The predicted molar refractivity (Wildman–Crippen MR) is 133 cm³/mol. The summed E-state index contributed by atoms with van der Waals surface area (Å²) in [7, 11) is 0. The van der Waals surface area contributed by atoms with E-state index in [1.807, 2.05) is 43.5 Å². The molecule has 1 saturated heterocycles. The smallest absolute Gasteiger partial charge is 0.200 e. The van der Waals surface area contributed by atoms with Crippen molar-refractivity contribution in [2.75, 3.05) is 6.54 Å². The highest BCUT2D eigenvalue weighted by Crippen LogP contribution is 2.36. The fourth-order valence-corrected chi connectivity index (χ4v) is 5.11. The standard InChI is InChI=1S/C27H25BrN2O3/c1-17-25(18-7-9-20(28)10-8-18)26(32)21-11-12-24(31)22(27(21)33-17)16-30-14-3-2-6-23(30)19-5-4-13-29-15-19/h4-5,7-13,15,23,31H,2-3,6,14,16H2,1H3/t23-/m0/s1. The number of piperidine rings is 1. The molecule has 0 amide bonds. The lowest BCUT2D eigenvalue weighted by Gasteiger charge is -2.36. The lowest BCUT2D eigenvalue weighted by Crippen LogP contribution is -2.33. The van der Waals surface area contributed by atoms with Crippen molar-refractivity contribution < 1.29 is 9.52 Å². The number of aromatic hydroxyl groups is 1. The fraction of sp³-hybridized carbons (Fsp3) is 0.259. The van der Waals surface area contributed by atoms with Gasteiger partial charge in [0.2, 0.25) is 5.43 Å². The molecule has 1 aliphatic heterocycles. The summed E-state index contributed by atoms with van der Waals surface area (Å²) in [5.74, 6) is 0.695. The van der Waals surface area contributed by atoms with Gasteiger partial charge in [0.1, 0.15) is 17.1 Å². The van der Waals surface area contributed by atoms with Crippen molar-refractivity contribution in [3.63, 3.8) is 0 Å². The number of hydrogen-bond acceptors (Lipinski definition) is 5. The molecule has 33 heavy (non-hydrogen) atoms. The summed E-state index contributed by atoms with van der Waals surface area (Å²) in [6.45, 7) is 3.23. The fourth-order valence-electron chi connectivity index (χ4n) is 4.85. The van der Waals surface area contributed by atoms with Crippen molar-refractivity contribution in [2.24, 2.45) is 0 Å². The van der Waals surface area contributed by atoms with Gasteiger partial charge in [-0.15, -0.1) is 0 Å². The molecular formula is C27H25BrN2O3. The highest BCUT2D eigenvalue weighted by atomic mass is 79.9. The van der Waals surface area contributed by atoms with Crippen molar-refractivity contribution >= 4 is 26.9 Å². The first-order chi connectivity index (χ1) is 16.0. The van der Waals surface area contributed by atoms with Crippen molar-refractivity contribution in [3.05, 3.63) is 92.5 Å². The van der Waals surface area contributed by atoms with Crippen LogP contribution in [0.15, 0.2) is 74.6 Å². The lowest BCUT2D eigenvalue weighted by molar-refractivity contribution is 0.139. The topological polar surface area (TPSA) is 66.6 Å². The number of aromatic nitrogens is 1. The molecule has 1 fully saturated rings. The first kappa shape index (κ1) is 21.9. The highest BCUT2D eigenvalue weighted by Gasteiger charge is 2.27. The summed E-state index contributed by atoms with van der Waals surface area (Å²) >= 11 is 3.44. The van der Waals surface area contributed by atoms with Crippen LogP contribution in [0.4, 0.5) is 0 Å². The van der Waals surface area contributed by atoms with Crippen LogP contribution in [0.3, 0.4) is 0 Å². The number of halogens is 1. The molecule has 4 aromatic rings. The maximum atomic E-state index is 13.5. The van der Waals surface area contributed by atoms with E-state index in [-0.39, 0.29) is 17.2 Å². The van der Waals surface area contributed by atoms with Gasteiger partial charge in [0, 0.05) is 29.5 Å². The van der Waals surface area contributed by atoms with Gasteiger partial charge in [0.25, 0.3) is 0 Å². The highest BCUT2D eigenvalue weighted by molar-refractivity contribution is 9.10. The molecular weight excluding hydrogens is 480 g/mol. The molecule has 5 nitrogen and oxygen atoms in total. The molecule has 3 heterocycles. The van der Waals surface area contributed by atoms with Crippen LogP contribution in [0.2, 0.25) is 0 Å². The lowest BCUT2D eigenvalue weighted by atomic mass is 9.95. The van der Waals surface area contributed by atoms with Crippen LogP contribution in [-0.4, -0.2) is 21.5 Å². The Morgan fingerprint density at radius 2 is 1.97 bits per heavy atom. The summed E-state index contributed by atoms with van der Waals surface area (Å²) < 4.78 is 7.19. The number of pyridine rings is 1. The number of phenolic OH excluding ortho intramolecular Hbond substituents is 1. The van der Waals surface area contributed by atoms with Gasteiger partial charge < -0.3 is 9.52 Å². The maximum Gasteiger partial charge on any atom is 0.200 e. The van der Waals surface area contributed by atoms with Crippen LogP contribution >= 0.6 is 15.9 Å². The average molecular weight is 505 g/mol. The van der Waals surface area contributed by atoms with Gasteiger partial charge >= 0.3 is 0 Å². The van der Waals surface area contributed by atoms with Crippen LogP contribution in [0.1, 0.15) is 42.2 Å². The third kappa shape index (κ3) is 4.21. The molecule has 168 valence electrons. The number of fused-ring (bicyclic) bond motifs is 1. The zero-order valence-corrected chi connectivity index (χ0v) is 20.0. The molecule has 0 spiro atoms. The Bertz CT molecular complexity index is 1350. The minimum Gasteiger partial charge on any atom is -0.507 e. The Morgan fingerprint density at radius 1 is 1.15 bits per heavy atom. The first-order valence-electron chi connectivity index (χ1n) is 11.2. The van der Waals surface area contributed by atoms with E-state index in [1.54, 1.807) is 18.3 Å². The number of rotatable bonds is 4. The van der Waals surface area contributed by atoms with Gasteiger partial charge in [0.05, 0.1) is 16.5 Å². The monoisotopic (exact) mass is 504 g/mol. The minimum absolute atomic E-state index is 0.0835. The van der Waals surface area contributed by atoms with Gasteiger partial charge in [-0.2, -0.15) is 0 Å². The molecule has 0 aliphatic carbocycles. The molecule has 2 aromatic heterocycles. The maximum absolute atomic E-state index is 13.5. The van der Waals surface area contributed by atoms with Gasteiger partial charge in [-0.3, -0.25) is 14.7 Å². The Hall–Kier alpha value is -2.96. The Balaban J connectivity index is 1.59. The first-order valence-corrected chi connectivity index (χ1v) is 12.0. The van der Waals surface area contributed by atoms with Crippen LogP contribution in [0, 0.1) is 6.92 Å². The Morgan fingerprint density at radius 3 is 2.73 bits per heavy atom. The van der Waals surface area contributed by atoms with E-state index in [2.05, 4.69) is 31.9 Å². The second-order valence-electron chi connectivity index (χ2n) is 8.58. The molecule has 5 rings (SSSR count). The van der Waals surface area contributed by atoms with Crippen LogP contribution in [0.5, 0.6) is 5.75 Å². The third-order valence-corrected chi connectivity index (χ3v) is 7.02. The van der Waals surface area contributed by atoms with Crippen LogP contribution in [0.25, 0.3) is 22.1 Å². The second-order valence-corrected chi connectivity index (χ2v) is 9.49. The molecule has 0 bridgehead atoms. The van der Waals surface area contributed by atoms with Gasteiger partial charge in [-0.05, 0) is 67.8 Å². The quantitative estimate of drug-likeness (QED) is 0.350. The van der Waals surface area contributed by atoms with Gasteiger partial charge in [-0.25, -0.2) is 0 Å². The zero-order valence-electron chi connectivity index (χ0n) is 18.4. The van der Waals surface area contributed by atoms with E-state index in [1.165, 1.54) is 5.56 Å². The van der Waals surface area contributed by atoms with Gasteiger partial charge in [0.15, 0.2) is 0 Å². The number of benzene rings is 2. The molecule has 1 aliphatic rings. The second kappa shape index (κ2) is 9.12. The molecule has 1 atom stereocenters. The average Bonchev–Trinajstić information content (AvgIpc) is 2.83. The zero-order chi connectivity index (χ0) is 22.9. The Labute approximate surface area is 200 Å². The molecule has 0 unspecified atom stereocenters. The van der Waals surface area contributed by atoms with Gasteiger partial charge in [-0.1, -0.05) is 40.5 Å². The number of nitrogens with zero attached hydrogens (tertiary/aromatic N) is 2. The number of aryl methyl sites for hydroxylation is 1. The number of phenols is 1. The van der Waals surface area contributed by atoms with E-state index in [4.69, 9.17) is 4.42 Å².